The van der Waals surface area contributed by atoms with Crippen LogP contribution in [0.3, 0.4) is 0 Å². The molecule has 0 aliphatic heterocycles. The molecule has 4 aromatic rings. The number of carbonyl (C=O) groups excluding carboxylic acids is 2. The molecular weight excluding hydrogens is 579 g/mol. The Morgan fingerprint density at radius 1 is 1.19 bits per heavy atom. The van der Waals surface area contributed by atoms with Crippen molar-refractivity contribution < 1.29 is 28.6 Å². The van der Waals surface area contributed by atoms with Crippen LogP contribution in [-0.2, 0) is 35.4 Å². The monoisotopic (exact) mass is 613 g/mol. The average Bonchev–Trinajstić information content (AvgIpc) is 3.26. The predicted molar refractivity (Wildman–Crippen MR) is 162 cm³/mol. The number of rotatable bonds is 13. The van der Waals surface area contributed by atoms with Crippen molar-refractivity contribution in [2.75, 3.05) is 32.3 Å². The average molecular weight is 614 g/mol. The number of aliphatic hydroxyl groups excluding tert-OH is 1. The van der Waals surface area contributed by atoms with Crippen molar-refractivity contribution in [3.05, 3.63) is 70.9 Å². The zero-order valence-corrected chi connectivity index (χ0v) is 25.5. The third-order valence-electron chi connectivity index (χ3n) is 6.84. The Bertz CT molecular complexity index is 1650. The van der Waals surface area contributed by atoms with Gasteiger partial charge in [-0.3, -0.25) is 9.59 Å². The summed E-state index contributed by atoms with van der Waals surface area (Å²) in [4.78, 5) is 33.2. The molecule has 1 amide bonds. The molecule has 0 saturated carbocycles. The molecule has 11 nitrogen and oxygen atoms in total. The van der Waals surface area contributed by atoms with Gasteiger partial charge in [-0.05, 0) is 44.4 Å². The number of carbonyl (C=O) groups is 2. The summed E-state index contributed by atoms with van der Waals surface area (Å²) < 4.78 is 22.0. The summed E-state index contributed by atoms with van der Waals surface area (Å²) in [6.45, 7) is 6.24. The number of ketones is 1. The molecule has 2 aromatic carbocycles. The molecule has 4 N–H and O–H groups in total. The first-order valence-corrected chi connectivity index (χ1v) is 16.5. The molecule has 4 rings (SSSR count). The molecule has 0 fully saturated rings. The lowest BCUT2D eigenvalue weighted by Gasteiger charge is -2.08. The number of nitrogens with one attached hydrogen (secondary N) is 1. The summed E-state index contributed by atoms with van der Waals surface area (Å²) in [6.07, 6.45) is 2.15. The highest BCUT2D eigenvalue weighted by Crippen LogP contribution is 2.34. The Morgan fingerprint density at radius 2 is 1.93 bits per heavy atom. The number of hydrogen-bond acceptors (Lipinski definition) is 8. The second kappa shape index (κ2) is 13.5. The number of aryl methyl sites for hydroxylation is 2. The lowest BCUT2D eigenvalue weighted by molar-refractivity contribution is -0.676. The van der Waals surface area contributed by atoms with E-state index in [1.54, 1.807) is 19.4 Å². The first-order valence-electron chi connectivity index (χ1n) is 13.5. The minimum Gasteiger partial charge on any atom is -0.486 e. The van der Waals surface area contributed by atoms with Gasteiger partial charge >= 0.3 is 0 Å². The highest BCUT2D eigenvalue weighted by molar-refractivity contribution is 7.70. The lowest BCUT2D eigenvalue weighted by atomic mass is 10.1. The van der Waals surface area contributed by atoms with Crippen molar-refractivity contribution in [1.29, 1.82) is 0 Å². The van der Waals surface area contributed by atoms with Crippen LogP contribution in [0.5, 0.6) is 5.75 Å². The second-order valence-electron chi connectivity index (χ2n) is 10.1. The SMILES string of the molecule is CC[n+]1c(CNC(=O)c2nc(Cl)cnc2N)n(CCO)c2cc(OCC(=O)CCc3ccc(P(C)(C)=O)cc3)ccc21. The Kier molecular flexibility index (Phi) is 9.98. The maximum Gasteiger partial charge on any atom is 0.277 e. The minimum absolute atomic E-state index is 0.0325. The number of aliphatic hydroxyl groups is 1. The molecule has 222 valence electrons. The fraction of sp³-hybridized carbons (Fsp3) is 0.345. The van der Waals surface area contributed by atoms with Crippen molar-refractivity contribution in [1.82, 2.24) is 19.9 Å². The number of imidazole rings is 1. The zero-order valence-electron chi connectivity index (χ0n) is 23.8. The molecule has 0 aliphatic rings. The number of anilines is 1. The van der Waals surface area contributed by atoms with Crippen LogP contribution in [0.25, 0.3) is 11.0 Å². The standard InChI is InChI=1S/C29H34ClN6O5P/c1-4-35-23-12-9-21(41-18-20(38)8-5-19-6-10-22(11-7-19)42(2,3)40)15-24(23)36(13-14-37)26(35)17-33-29(39)27-28(31)32-16-25(30)34-27/h6-7,9-12,15-16,37H,4-5,8,13-14,17-18H2,1-3H3,(H2-,31,32,33,39)/p+1. The number of Topliss-reactive ketones (excluding diaryl/α,β-unsaturated/α-hetero) is 1. The van der Waals surface area contributed by atoms with Crippen molar-refractivity contribution in [2.45, 2.75) is 39.4 Å². The molecular formula is C29H35ClN6O5P+. The van der Waals surface area contributed by atoms with E-state index in [4.69, 9.17) is 22.1 Å². The molecule has 2 heterocycles. The molecule has 0 atom stereocenters. The number of nitrogens with two attached hydrogens (primary N) is 1. The number of amides is 1. The van der Waals surface area contributed by atoms with Crippen LogP contribution < -0.4 is 25.7 Å². The molecule has 0 saturated heterocycles. The number of ether oxygens (including phenoxy) is 1. The van der Waals surface area contributed by atoms with E-state index < -0.39 is 13.0 Å². The van der Waals surface area contributed by atoms with Gasteiger partial charge in [0.2, 0.25) is 0 Å². The van der Waals surface area contributed by atoms with Gasteiger partial charge in [0, 0.05) is 17.8 Å². The zero-order chi connectivity index (χ0) is 30.4. The number of nitrogens with zero attached hydrogens (tertiary/aromatic N) is 4. The van der Waals surface area contributed by atoms with E-state index in [0.717, 1.165) is 27.7 Å². The number of aromatic nitrogens is 4. The summed E-state index contributed by atoms with van der Waals surface area (Å²) in [5.41, 5.74) is 8.40. The van der Waals surface area contributed by atoms with Gasteiger partial charge in [0.15, 0.2) is 28.3 Å². The summed E-state index contributed by atoms with van der Waals surface area (Å²) in [5, 5.41) is 13.5. The quantitative estimate of drug-likeness (QED) is 0.154. The van der Waals surface area contributed by atoms with Gasteiger partial charge in [0.05, 0.1) is 19.3 Å². The van der Waals surface area contributed by atoms with Crippen LogP contribution in [-0.4, -0.2) is 57.9 Å². The van der Waals surface area contributed by atoms with Crippen molar-refractivity contribution in [3.63, 3.8) is 0 Å². The Balaban J connectivity index is 1.46. The van der Waals surface area contributed by atoms with Gasteiger partial charge in [-0.15, -0.1) is 0 Å². The summed E-state index contributed by atoms with van der Waals surface area (Å²) in [6, 6.07) is 13.0. The highest BCUT2D eigenvalue weighted by atomic mass is 35.5. The maximum absolute atomic E-state index is 12.8. The van der Waals surface area contributed by atoms with Crippen LogP contribution in [0.15, 0.2) is 48.7 Å². The van der Waals surface area contributed by atoms with E-state index in [-0.39, 0.29) is 48.8 Å². The normalized spacial score (nSPS) is 11.5. The first kappa shape index (κ1) is 31.2. The van der Waals surface area contributed by atoms with Crippen LogP contribution in [0.2, 0.25) is 5.15 Å². The van der Waals surface area contributed by atoms with Gasteiger partial charge in [-0.25, -0.2) is 19.1 Å². The maximum atomic E-state index is 12.8. The number of halogens is 1. The van der Waals surface area contributed by atoms with Crippen LogP contribution >= 0.6 is 18.7 Å². The molecule has 0 bridgehead atoms. The van der Waals surface area contributed by atoms with E-state index in [2.05, 4.69) is 15.3 Å². The predicted octanol–water partition coefficient (Wildman–Crippen LogP) is 2.73. The fourth-order valence-electron chi connectivity index (χ4n) is 4.68. The van der Waals surface area contributed by atoms with Crippen molar-refractivity contribution in [3.8, 4) is 5.75 Å². The van der Waals surface area contributed by atoms with E-state index in [1.165, 1.54) is 6.20 Å². The van der Waals surface area contributed by atoms with Gasteiger partial charge in [0.25, 0.3) is 11.7 Å². The van der Waals surface area contributed by atoms with Crippen LogP contribution in [0.1, 0.15) is 35.2 Å². The highest BCUT2D eigenvalue weighted by Gasteiger charge is 2.26. The molecule has 0 aliphatic carbocycles. The number of hydrogen-bond donors (Lipinski definition) is 3. The molecule has 0 radical (unpaired) electrons. The minimum atomic E-state index is -2.31. The second-order valence-corrected chi connectivity index (χ2v) is 13.7. The summed E-state index contributed by atoms with van der Waals surface area (Å²) >= 11 is 5.88. The number of benzene rings is 2. The topological polar surface area (TPSA) is 153 Å². The lowest BCUT2D eigenvalue weighted by Crippen LogP contribution is -2.40. The summed E-state index contributed by atoms with van der Waals surface area (Å²) in [7, 11) is -2.31. The Morgan fingerprint density at radius 3 is 2.60 bits per heavy atom. The van der Waals surface area contributed by atoms with Gasteiger partial charge in [-0.2, -0.15) is 0 Å². The molecule has 0 unspecified atom stereocenters. The first-order chi connectivity index (χ1) is 20.0. The summed E-state index contributed by atoms with van der Waals surface area (Å²) in [5.74, 6) is 0.650. The molecule has 2 aromatic heterocycles. The van der Waals surface area contributed by atoms with Crippen LogP contribution in [0, 0.1) is 0 Å². The van der Waals surface area contributed by atoms with Crippen LogP contribution in [0.4, 0.5) is 5.82 Å². The smallest absolute Gasteiger partial charge is 0.277 e. The molecule has 0 spiro atoms. The molecule has 42 heavy (non-hydrogen) atoms. The fourth-order valence-corrected chi connectivity index (χ4v) is 5.68. The largest absolute Gasteiger partial charge is 0.486 e. The van der Waals surface area contributed by atoms with E-state index >= 15 is 0 Å². The Labute approximate surface area is 249 Å². The third-order valence-corrected chi connectivity index (χ3v) is 8.56. The van der Waals surface area contributed by atoms with Gasteiger partial charge in [-0.1, -0.05) is 35.9 Å². The van der Waals surface area contributed by atoms with E-state index in [0.29, 0.717) is 25.1 Å². The van der Waals surface area contributed by atoms with Gasteiger partial charge in [0.1, 0.15) is 37.7 Å². The van der Waals surface area contributed by atoms with Gasteiger partial charge < -0.3 is 25.5 Å². The molecule has 13 heteroatoms. The Hall–Kier alpha value is -3.79. The van der Waals surface area contributed by atoms with E-state index in [1.807, 2.05) is 52.5 Å². The third kappa shape index (κ3) is 7.34. The van der Waals surface area contributed by atoms with Crippen molar-refractivity contribution >= 4 is 52.6 Å². The number of fused-ring (bicyclic) bond motifs is 1. The van der Waals surface area contributed by atoms with Crippen molar-refractivity contribution in [2.24, 2.45) is 0 Å². The van der Waals surface area contributed by atoms with E-state index in [9.17, 15) is 19.3 Å². The number of nitrogen functional groups attached to an aromatic ring is 1.